The highest BCUT2D eigenvalue weighted by Crippen LogP contribution is 2.40. The van der Waals surface area contributed by atoms with E-state index in [-0.39, 0.29) is 0 Å². The molecule has 0 N–H and O–H groups in total. The van der Waals surface area contributed by atoms with Gasteiger partial charge in [0.15, 0.2) is 0 Å². The molecule has 0 aliphatic rings. The van der Waals surface area contributed by atoms with Crippen LogP contribution in [-0.4, -0.2) is 27.1 Å². The summed E-state index contributed by atoms with van der Waals surface area (Å²) in [6.45, 7) is 15.8. The molecule has 0 aromatic heterocycles. The number of unbranched alkanes of at least 4 members (excludes halogenated alkanes) is 15. The summed E-state index contributed by atoms with van der Waals surface area (Å²) in [6, 6.07) is 0. The third-order valence-corrected chi connectivity index (χ3v) is 10.1. The highest BCUT2D eigenvalue weighted by Gasteiger charge is 2.34. The lowest BCUT2D eigenvalue weighted by Crippen LogP contribution is -2.46. The molecule has 0 aliphatic carbocycles. The SMILES string of the molecule is CCCCCCCCCCCCCCCCCCN([SiH3])C(C)(C)CC(CC)(CC)CC. The zero-order valence-electron chi connectivity index (χ0n) is 23.3. The van der Waals surface area contributed by atoms with Crippen molar-refractivity contribution in [3.63, 3.8) is 0 Å². The first-order valence-electron chi connectivity index (χ1n) is 14.6. The van der Waals surface area contributed by atoms with Gasteiger partial charge >= 0.3 is 0 Å². The zero-order chi connectivity index (χ0) is 23.4. The molecular weight excluding hydrogens is 390 g/mol. The molecule has 0 amide bonds. The van der Waals surface area contributed by atoms with Crippen molar-refractivity contribution in [3.8, 4) is 0 Å². The van der Waals surface area contributed by atoms with Gasteiger partial charge in [-0.3, -0.25) is 0 Å². The minimum absolute atomic E-state index is 0.379. The minimum Gasteiger partial charge on any atom is -0.327 e. The summed E-state index contributed by atoms with van der Waals surface area (Å²) in [6.07, 6.45) is 28.7. The van der Waals surface area contributed by atoms with Crippen LogP contribution in [0.4, 0.5) is 0 Å². The van der Waals surface area contributed by atoms with Gasteiger partial charge in [-0.1, -0.05) is 143 Å². The average molecular weight is 454 g/mol. The molecule has 0 bridgehead atoms. The first-order chi connectivity index (χ1) is 14.9. The fourth-order valence-electron chi connectivity index (χ4n) is 5.38. The molecule has 0 heterocycles. The van der Waals surface area contributed by atoms with Gasteiger partial charge in [0, 0.05) is 5.54 Å². The van der Waals surface area contributed by atoms with Crippen molar-refractivity contribution < 1.29 is 0 Å². The van der Waals surface area contributed by atoms with Gasteiger partial charge < -0.3 is 4.57 Å². The molecule has 31 heavy (non-hydrogen) atoms. The Morgan fingerprint density at radius 1 is 0.516 bits per heavy atom. The maximum absolute atomic E-state index is 2.78. The van der Waals surface area contributed by atoms with Gasteiger partial charge in [-0.2, -0.15) is 0 Å². The van der Waals surface area contributed by atoms with Crippen molar-refractivity contribution in [3.05, 3.63) is 0 Å². The Labute approximate surface area is 202 Å². The van der Waals surface area contributed by atoms with Crippen LogP contribution >= 0.6 is 0 Å². The average Bonchev–Trinajstić information content (AvgIpc) is 2.77. The molecule has 0 saturated heterocycles. The molecule has 1 nitrogen and oxygen atoms in total. The van der Waals surface area contributed by atoms with Crippen molar-refractivity contribution in [1.82, 2.24) is 4.57 Å². The third-order valence-electron chi connectivity index (χ3n) is 8.44. The molecule has 0 radical (unpaired) electrons. The van der Waals surface area contributed by atoms with E-state index in [1.165, 1.54) is 145 Å². The molecule has 0 atom stereocenters. The van der Waals surface area contributed by atoms with Crippen molar-refractivity contribution in [2.75, 3.05) is 6.54 Å². The summed E-state index contributed by atoms with van der Waals surface area (Å²) >= 11 is 0. The van der Waals surface area contributed by atoms with Crippen LogP contribution in [0.5, 0.6) is 0 Å². The van der Waals surface area contributed by atoms with E-state index in [1.54, 1.807) is 0 Å². The second kappa shape index (κ2) is 19.6. The molecular formula is C29H63NSi. The molecule has 188 valence electrons. The predicted octanol–water partition coefficient (Wildman–Crippen LogP) is 9.22. The lowest BCUT2D eigenvalue weighted by molar-refractivity contribution is 0.109. The quantitative estimate of drug-likeness (QED) is 0.110. The zero-order valence-corrected chi connectivity index (χ0v) is 25.3. The van der Waals surface area contributed by atoms with Crippen LogP contribution in [0.1, 0.15) is 170 Å². The Morgan fingerprint density at radius 3 is 1.16 bits per heavy atom. The molecule has 0 unspecified atom stereocenters. The first kappa shape index (κ1) is 31.2. The summed E-state index contributed by atoms with van der Waals surface area (Å²) in [4.78, 5) is 0. The summed E-state index contributed by atoms with van der Waals surface area (Å²) in [5.74, 6) is 0. The van der Waals surface area contributed by atoms with Crippen LogP contribution in [0.25, 0.3) is 0 Å². The van der Waals surface area contributed by atoms with Gasteiger partial charge in [-0.25, -0.2) is 0 Å². The van der Waals surface area contributed by atoms with E-state index in [4.69, 9.17) is 0 Å². The second-order valence-electron chi connectivity index (χ2n) is 11.3. The smallest absolute Gasteiger partial charge is 0.0791 e. The normalized spacial score (nSPS) is 12.9. The van der Waals surface area contributed by atoms with Crippen molar-refractivity contribution in [1.29, 1.82) is 0 Å². The van der Waals surface area contributed by atoms with Crippen LogP contribution in [0, 0.1) is 5.41 Å². The molecule has 0 aliphatic heterocycles. The van der Waals surface area contributed by atoms with E-state index in [9.17, 15) is 0 Å². The van der Waals surface area contributed by atoms with E-state index < -0.39 is 0 Å². The fourth-order valence-corrected chi connectivity index (χ4v) is 5.85. The Hall–Kier alpha value is 0.177. The number of nitrogens with zero attached hydrogens (tertiary/aromatic N) is 1. The lowest BCUT2D eigenvalue weighted by Gasteiger charge is -2.44. The standard InChI is InChI=1S/C29H63NSi/c1-7-11-12-13-14-15-16-17-18-19-20-21-22-23-24-25-26-30(31)28(5,6)27-29(8-2,9-3)10-4/h7-27H2,1-6,31H3. The monoisotopic (exact) mass is 453 g/mol. The van der Waals surface area contributed by atoms with E-state index in [0.29, 0.717) is 11.0 Å². The van der Waals surface area contributed by atoms with E-state index >= 15 is 0 Å². The third kappa shape index (κ3) is 15.6. The molecule has 0 aromatic rings. The maximum Gasteiger partial charge on any atom is 0.0791 e. The van der Waals surface area contributed by atoms with Gasteiger partial charge in [-0.15, -0.1) is 0 Å². The van der Waals surface area contributed by atoms with Gasteiger partial charge in [-0.05, 0) is 38.6 Å². The topological polar surface area (TPSA) is 3.24 Å². The van der Waals surface area contributed by atoms with E-state index in [0.717, 1.165) is 0 Å². The predicted molar refractivity (Wildman–Crippen MR) is 148 cm³/mol. The number of rotatable bonds is 23. The fraction of sp³-hybridized carbons (Fsp3) is 1.00. The Kier molecular flexibility index (Phi) is 19.7. The van der Waals surface area contributed by atoms with Gasteiger partial charge in [0.05, 0.1) is 10.4 Å². The Bertz CT molecular complexity index is 367. The molecule has 0 rings (SSSR count). The van der Waals surface area contributed by atoms with Crippen molar-refractivity contribution >= 4 is 10.4 Å². The van der Waals surface area contributed by atoms with E-state index in [2.05, 4.69) is 46.1 Å². The van der Waals surface area contributed by atoms with Crippen LogP contribution in [0.15, 0.2) is 0 Å². The van der Waals surface area contributed by atoms with Gasteiger partial charge in [0.1, 0.15) is 0 Å². The molecule has 0 fully saturated rings. The van der Waals surface area contributed by atoms with Crippen LogP contribution in [0.2, 0.25) is 0 Å². The van der Waals surface area contributed by atoms with Crippen LogP contribution < -0.4 is 0 Å². The number of hydrogen-bond donors (Lipinski definition) is 0. The molecule has 0 spiro atoms. The van der Waals surface area contributed by atoms with Crippen LogP contribution in [-0.2, 0) is 0 Å². The lowest BCUT2D eigenvalue weighted by atomic mass is 9.71. The summed E-state index contributed by atoms with van der Waals surface area (Å²) < 4.78 is 2.78. The minimum atomic E-state index is 0.379. The Morgan fingerprint density at radius 2 is 0.839 bits per heavy atom. The van der Waals surface area contributed by atoms with Crippen LogP contribution in [0.3, 0.4) is 0 Å². The van der Waals surface area contributed by atoms with Crippen molar-refractivity contribution in [2.24, 2.45) is 5.41 Å². The van der Waals surface area contributed by atoms with E-state index in [1.807, 2.05) is 0 Å². The highest BCUT2D eigenvalue weighted by atomic mass is 28.2. The summed E-state index contributed by atoms with van der Waals surface area (Å²) in [7, 11) is 1.20. The maximum atomic E-state index is 2.78. The first-order valence-corrected chi connectivity index (χ1v) is 15.5. The van der Waals surface area contributed by atoms with Crippen molar-refractivity contribution in [2.45, 2.75) is 175 Å². The number of hydrogen-bond acceptors (Lipinski definition) is 1. The Balaban J connectivity index is 3.61. The van der Waals surface area contributed by atoms with Gasteiger partial charge in [0.25, 0.3) is 0 Å². The summed E-state index contributed by atoms with van der Waals surface area (Å²) in [5, 5.41) is 0. The second-order valence-corrected chi connectivity index (χ2v) is 12.4. The largest absolute Gasteiger partial charge is 0.327 e. The summed E-state index contributed by atoms with van der Waals surface area (Å²) in [5.41, 5.74) is 0.935. The highest BCUT2D eigenvalue weighted by molar-refractivity contribution is 6.04. The van der Waals surface area contributed by atoms with Gasteiger partial charge in [0.2, 0.25) is 0 Å². The molecule has 2 heteroatoms. The molecule has 0 aromatic carbocycles. The molecule has 0 saturated carbocycles.